The largest absolute Gasteiger partial charge is 0.342 e. The van der Waals surface area contributed by atoms with Crippen molar-refractivity contribution in [2.75, 3.05) is 0 Å². The monoisotopic (exact) mass is 457 g/mol. The van der Waals surface area contributed by atoms with Gasteiger partial charge in [0.05, 0.1) is 10.6 Å². The number of fused-ring (bicyclic) bond motifs is 1. The minimum Gasteiger partial charge on any atom is -0.342 e. The molecule has 0 saturated carbocycles. The number of benzene rings is 3. The summed E-state index contributed by atoms with van der Waals surface area (Å²) in [7, 11) is 0. The van der Waals surface area contributed by atoms with Gasteiger partial charge < -0.3 is 9.88 Å². The number of hydrogen-bond acceptors (Lipinski definition) is 3. The van der Waals surface area contributed by atoms with E-state index in [1.807, 2.05) is 61.5 Å². The fourth-order valence-corrected chi connectivity index (χ4v) is 4.74. The van der Waals surface area contributed by atoms with E-state index in [1.54, 1.807) is 0 Å². The summed E-state index contributed by atoms with van der Waals surface area (Å²) in [5.41, 5.74) is 5.01. The Hall–Kier alpha value is -3.28. The number of nitrogens with zero attached hydrogens (tertiary/aromatic N) is 2. The molecule has 0 bridgehead atoms. The van der Waals surface area contributed by atoms with Gasteiger partial charge in [-0.1, -0.05) is 66.2 Å². The number of amides is 1. The van der Waals surface area contributed by atoms with Crippen LogP contribution in [0.5, 0.6) is 0 Å². The van der Waals surface area contributed by atoms with Crippen molar-refractivity contribution in [3.8, 4) is 0 Å². The van der Waals surface area contributed by atoms with Crippen molar-refractivity contribution in [2.24, 2.45) is 4.99 Å². The van der Waals surface area contributed by atoms with Gasteiger partial charge in [0.2, 0.25) is 0 Å². The predicted molar refractivity (Wildman–Crippen MR) is 134 cm³/mol. The van der Waals surface area contributed by atoms with Gasteiger partial charge in [0.1, 0.15) is 0 Å². The highest BCUT2D eigenvalue weighted by molar-refractivity contribution is 8.18. The third-order valence-corrected chi connectivity index (χ3v) is 6.73. The van der Waals surface area contributed by atoms with Gasteiger partial charge in [0.25, 0.3) is 5.91 Å². The highest BCUT2D eigenvalue weighted by Gasteiger charge is 2.24. The lowest BCUT2D eigenvalue weighted by Crippen LogP contribution is -2.19. The molecule has 0 radical (unpaired) electrons. The van der Waals surface area contributed by atoms with Crippen molar-refractivity contribution in [2.45, 2.75) is 13.5 Å². The van der Waals surface area contributed by atoms with E-state index in [4.69, 9.17) is 11.6 Å². The van der Waals surface area contributed by atoms with E-state index in [1.165, 1.54) is 17.3 Å². The standard InChI is InChI=1S/C26H20ClN3OS/c1-17-21(27)11-7-12-22(17)28-26-29-25(31)24(32-26)14-19-16-30(15-18-8-3-2-4-9-18)23-13-6-5-10-20(19)23/h2-14,16H,15H2,1H3,(H,28,29,31)/b24-14-. The van der Waals surface area contributed by atoms with Crippen molar-refractivity contribution in [1.82, 2.24) is 9.88 Å². The van der Waals surface area contributed by atoms with E-state index in [9.17, 15) is 4.79 Å². The Bertz CT molecular complexity index is 1390. The first-order valence-corrected chi connectivity index (χ1v) is 11.4. The molecule has 1 aliphatic heterocycles. The number of hydrogen-bond donors (Lipinski definition) is 1. The smallest absolute Gasteiger partial charge is 0.264 e. The molecule has 2 heterocycles. The number of amidine groups is 1. The summed E-state index contributed by atoms with van der Waals surface area (Å²) in [5.74, 6) is -0.145. The minimum atomic E-state index is -0.145. The Morgan fingerprint density at radius 1 is 1.03 bits per heavy atom. The Labute approximate surface area is 195 Å². The SMILES string of the molecule is Cc1c(Cl)cccc1N=C1NC(=O)/C(=C/c2cn(Cc3ccccc3)c3ccccc23)S1. The van der Waals surface area contributed by atoms with Crippen LogP contribution in [-0.2, 0) is 11.3 Å². The quantitative estimate of drug-likeness (QED) is 0.353. The summed E-state index contributed by atoms with van der Waals surface area (Å²) < 4.78 is 2.22. The summed E-state index contributed by atoms with van der Waals surface area (Å²) in [5, 5.41) is 5.19. The molecule has 32 heavy (non-hydrogen) atoms. The summed E-state index contributed by atoms with van der Waals surface area (Å²) in [6, 6.07) is 24.2. The number of halogens is 1. The third-order valence-electron chi connectivity index (χ3n) is 5.41. The van der Waals surface area contributed by atoms with Gasteiger partial charge in [-0.05, 0) is 54.1 Å². The highest BCUT2D eigenvalue weighted by Crippen LogP contribution is 2.33. The lowest BCUT2D eigenvalue weighted by Gasteiger charge is -2.05. The average Bonchev–Trinajstić information content (AvgIpc) is 3.32. The van der Waals surface area contributed by atoms with Crippen LogP contribution in [0.4, 0.5) is 5.69 Å². The molecule has 3 aromatic carbocycles. The van der Waals surface area contributed by atoms with E-state index in [0.717, 1.165) is 34.3 Å². The number of nitrogens with one attached hydrogen (secondary N) is 1. The van der Waals surface area contributed by atoms with Crippen LogP contribution in [0.25, 0.3) is 17.0 Å². The molecule has 1 aliphatic rings. The fraction of sp³-hybridized carbons (Fsp3) is 0.0769. The normalized spacial score (nSPS) is 16.2. The number of rotatable bonds is 4. The van der Waals surface area contributed by atoms with Gasteiger partial charge in [-0.25, -0.2) is 4.99 Å². The van der Waals surface area contributed by atoms with Gasteiger partial charge >= 0.3 is 0 Å². The predicted octanol–water partition coefficient (Wildman–Crippen LogP) is 6.54. The van der Waals surface area contributed by atoms with Crippen molar-refractivity contribution in [3.63, 3.8) is 0 Å². The van der Waals surface area contributed by atoms with E-state index >= 15 is 0 Å². The molecule has 1 amide bonds. The number of thioether (sulfide) groups is 1. The Morgan fingerprint density at radius 3 is 2.66 bits per heavy atom. The second-order valence-electron chi connectivity index (χ2n) is 7.58. The number of aliphatic imine (C=N–C) groups is 1. The maximum atomic E-state index is 12.7. The number of carbonyl (C=O) groups excluding carboxylic acids is 1. The maximum Gasteiger partial charge on any atom is 0.264 e. The van der Waals surface area contributed by atoms with Crippen LogP contribution in [0.2, 0.25) is 5.02 Å². The lowest BCUT2D eigenvalue weighted by atomic mass is 10.1. The summed E-state index contributed by atoms with van der Waals surface area (Å²) in [6.45, 7) is 2.69. The van der Waals surface area contributed by atoms with Crippen LogP contribution in [0.1, 0.15) is 16.7 Å². The molecule has 1 N–H and O–H groups in total. The van der Waals surface area contributed by atoms with E-state index < -0.39 is 0 Å². The van der Waals surface area contributed by atoms with Crippen LogP contribution in [0, 0.1) is 6.92 Å². The number of carbonyl (C=O) groups is 1. The molecule has 158 valence electrons. The molecular formula is C26H20ClN3OS. The summed E-state index contributed by atoms with van der Waals surface area (Å²) in [4.78, 5) is 17.9. The number of aromatic nitrogens is 1. The topological polar surface area (TPSA) is 46.4 Å². The second kappa shape index (κ2) is 8.69. The van der Waals surface area contributed by atoms with Crippen LogP contribution in [0.3, 0.4) is 0 Å². The molecule has 0 unspecified atom stereocenters. The minimum absolute atomic E-state index is 0.145. The first-order chi connectivity index (χ1) is 15.6. The Morgan fingerprint density at radius 2 is 1.81 bits per heavy atom. The van der Waals surface area contributed by atoms with Crippen molar-refractivity contribution < 1.29 is 4.79 Å². The van der Waals surface area contributed by atoms with Crippen molar-refractivity contribution in [3.05, 3.63) is 106 Å². The van der Waals surface area contributed by atoms with Gasteiger partial charge in [-0.3, -0.25) is 4.79 Å². The van der Waals surface area contributed by atoms with E-state index in [-0.39, 0.29) is 5.91 Å². The van der Waals surface area contributed by atoms with Crippen molar-refractivity contribution in [1.29, 1.82) is 0 Å². The van der Waals surface area contributed by atoms with Gasteiger partial charge in [-0.15, -0.1) is 0 Å². The molecular weight excluding hydrogens is 438 g/mol. The maximum absolute atomic E-state index is 12.7. The van der Waals surface area contributed by atoms with Crippen LogP contribution >= 0.6 is 23.4 Å². The average molecular weight is 458 g/mol. The van der Waals surface area contributed by atoms with E-state index in [2.05, 4.69) is 45.3 Å². The molecule has 5 rings (SSSR count). The molecule has 4 aromatic rings. The zero-order chi connectivity index (χ0) is 22.1. The van der Waals surface area contributed by atoms with E-state index in [0.29, 0.717) is 15.1 Å². The second-order valence-corrected chi connectivity index (χ2v) is 9.02. The molecule has 4 nitrogen and oxygen atoms in total. The molecule has 1 saturated heterocycles. The first-order valence-electron chi connectivity index (χ1n) is 10.2. The molecule has 1 fully saturated rings. The van der Waals surface area contributed by atoms with Crippen molar-refractivity contribution >= 4 is 57.1 Å². The number of para-hydroxylation sites is 1. The van der Waals surface area contributed by atoms with Gasteiger partial charge in [0.15, 0.2) is 5.17 Å². The van der Waals surface area contributed by atoms with Crippen LogP contribution in [0.15, 0.2) is 88.9 Å². The van der Waals surface area contributed by atoms with Gasteiger partial charge in [0, 0.05) is 34.2 Å². The van der Waals surface area contributed by atoms with Crippen LogP contribution in [-0.4, -0.2) is 15.6 Å². The third kappa shape index (κ3) is 4.09. The fourth-order valence-electron chi connectivity index (χ4n) is 3.75. The first kappa shape index (κ1) is 20.6. The summed E-state index contributed by atoms with van der Waals surface area (Å²) >= 11 is 7.55. The Balaban J connectivity index is 1.48. The summed E-state index contributed by atoms with van der Waals surface area (Å²) in [6.07, 6.45) is 4.05. The molecule has 0 spiro atoms. The lowest BCUT2D eigenvalue weighted by molar-refractivity contribution is -0.115. The van der Waals surface area contributed by atoms with Crippen LogP contribution < -0.4 is 5.32 Å². The molecule has 0 atom stereocenters. The van der Waals surface area contributed by atoms with Gasteiger partial charge in [-0.2, -0.15) is 0 Å². The zero-order valence-electron chi connectivity index (χ0n) is 17.4. The highest BCUT2D eigenvalue weighted by atomic mass is 35.5. The molecule has 0 aliphatic carbocycles. The molecule has 6 heteroatoms. The Kier molecular flexibility index (Phi) is 5.60. The molecule has 1 aromatic heterocycles. The zero-order valence-corrected chi connectivity index (χ0v) is 19.0.